The van der Waals surface area contributed by atoms with E-state index < -0.39 is 5.97 Å². The summed E-state index contributed by atoms with van der Waals surface area (Å²) in [7, 11) is 1.85. The number of hydrogen-bond acceptors (Lipinski definition) is 3. The maximum absolute atomic E-state index is 10.9. The lowest BCUT2D eigenvalue weighted by Gasteiger charge is -2.18. The second kappa shape index (κ2) is 4.65. The van der Waals surface area contributed by atoms with Crippen LogP contribution in [0.15, 0.2) is 48.7 Å². The molecule has 0 aliphatic rings. The summed E-state index contributed by atoms with van der Waals surface area (Å²) in [4.78, 5) is 16.9. The highest BCUT2D eigenvalue weighted by atomic mass is 16.4. The summed E-state index contributed by atoms with van der Waals surface area (Å²) in [6, 6.07) is 12.4. The molecule has 0 spiro atoms. The third-order valence-corrected chi connectivity index (χ3v) is 2.47. The standard InChI is InChI=1S/C13H12N2O2/c1-15(12-7-2-3-8-14-12)11-6-4-5-10(9-11)13(16)17/h2-9H,1H3,(H,16,17). The highest BCUT2D eigenvalue weighted by Gasteiger charge is 2.08. The molecule has 1 aromatic heterocycles. The zero-order valence-electron chi connectivity index (χ0n) is 9.37. The molecule has 1 heterocycles. The summed E-state index contributed by atoms with van der Waals surface area (Å²) in [5, 5.41) is 8.93. The molecule has 0 bridgehead atoms. The molecule has 4 nitrogen and oxygen atoms in total. The van der Waals surface area contributed by atoms with Crippen molar-refractivity contribution in [3.63, 3.8) is 0 Å². The molecule has 2 aromatic rings. The van der Waals surface area contributed by atoms with Crippen LogP contribution in [0.25, 0.3) is 0 Å². The number of pyridine rings is 1. The number of nitrogens with zero attached hydrogens (tertiary/aromatic N) is 2. The Morgan fingerprint density at radius 1 is 1.24 bits per heavy atom. The van der Waals surface area contributed by atoms with Crippen molar-refractivity contribution in [1.29, 1.82) is 0 Å². The minimum Gasteiger partial charge on any atom is -0.478 e. The Kier molecular flexibility index (Phi) is 3.05. The third-order valence-electron chi connectivity index (χ3n) is 2.47. The predicted octanol–water partition coefficient (Wildman–Crippen LogP) is 2.55. The number of carboxylic acid groups (broad SMARTS) is 1. The van der Waals surface area contributed by atoms with Gasteiger partial charge in [0.15, 0.2) is 0 Å². The first kappa shape index (κ1) is 11.1. The lowest BCUT2D eigenvalue weighted by Crippen LogP contribution is -2.11. The smallest absolute Gasteiger partial charge is 0.335 e. The van der Waals surface area contributed by atoms with Crippen LogP contribution in [-0.2, 0) is 0 Å². The summed E-state index contributed by atoms with van der Waals surface area (Å²) >= 11 is 0. The number of aromatic nitrogens is 1. The largest absolute Gasteiger partial charge is 0.478 e. The topological polar surface area (TPSA) is 53.4 Å². The number of aromatic carboxylic acids is 1. The highest BCUT2D eigenvalue weighted by molar-refractivity contribution is 5.89. The molecule has 0 atom stereocenters. The van der Waals surface area contributed by atoms with Gasteiger partial charge in [0, 0.05) is 18.9 Å². The van der Waals surface area contributed by atoms with Crippen molar-refractivity contribution in [3.05, 3.63) is 54.2 Å². The number of carboxylic acids is 1. The molecular weight excluding hydrogens is 216 g/mol. The van der Waals surface area contributed by atoms with E-state index in [9.17, 15) is 4.79 Å². The van der Waals surface area contributed by atoms with Gasteiger partial charge in [0.05, 0.1) is 5.56 Å². The van der Waals surface area contributed by atoms with Gasteiger partial charge in [0.25, 0.3) is 0 Å². The molecule has 1 N–H and O–H groups in total. The van der Waals surface area contributed by atoms with Gasteiger partial charge in [0.2, 0.25) is 0 Å². The van der Waals surface area contributed by atoms with Crippen molar-refractivity contribution < 1.29 is 9.90 Å². The molecule has 86 valence electrons. The zero-order chi connectivity index (χ0) is 12.3. The van der Waals surface area contributed by atoms with Crippen LogP contribution in [0, 0.1) is 0 Å². The van der Waals surface area contributed by atoms with Crippen LogP contribution in [0.3, 0.4) is 0 Å². The quantitative estimate of drug-likeness (QED) is 0.877. The van der Waals surface area contributed by atoms with Gasteiger partial charge < -0.3 is 10.0 Å². The summed E-state index contributed by atoms with van der Waals surface area (Å²) in [6.45, 7) is 0. The number of anilines is 2. The minimum atomic E-state index is -0.929. The van der Waals surface area contributed by atoms with E-state index in [-0.39, 0.29) is 5.56 Å². The van der Waals surface area contributed by atoms with Crippen LogP contribution in [0.4, 0.5) is 11.5 Å². The minimum absolute atomic E-state index is 0.269. The molecule has 17 heavy (non-hydrogen) atoms. The number of rotatable bonds is 3. The third kappa shape index (κ3) is 2.42. The molecule has 0 fully saturated rings. The second-order valence-electron chi connectivity index (χ2n) is 3.60. The molecule has 0 saturated heterocycles. The van der Waals surface area contributed by atoms with E-state index in [0.29, 0.717) is 0 Å². The number of hydrogen-bond donors (Lipinski definition) is 1. The van der Waals surface area contributed by atoms with Crippen molar-refractivity contribution in [2.24, 2.45) is 0 Å². The van der Waals surface area contributed by atoms with Crippen molar-refractivity contribution in [3.8, 4) is 0 Å². The Morgan fingerprint density at radius 3 is 2.71 bits per heavy atom. The van der Waals surface area contributed by atoms with E-state index in [0.717, 1.165) is 11.5 Å². The van der Waals surface area contributed by atoms with Crippen LogP contribution in [0.1, 0.15) is 10.4 Å². The number of benzene rings is 1. The molecule has 0 unspecified atom stereocenters. The summed E-state index contributed by atoms with van der Waals surface area (Å²) < 4.78 is 0. The van der Waals surface area contributed by atoms with E-state index in [1.54, 1.807) is 24.4 Å². The van der Waals surface area contributed by atoms with E-state index in [2.05, 4.69) is 4.98 Å². The molecule has 0 aliphatic carbocycles. The first-order valence-electron chi connectivity index (χ1n) is 5.16. The van der Waals surface area contributed by atoms with Crippen molar-refractivity contribution in [2.75, 3.05) is 11.9 Å². The SMILES string of the molecule is CN(c1cccc(C(=O)O)c1)c1ccccn1. The fraction of sp³-hybridized carbons (Fsp3) is 0.0769. The highest BCUT2D eigenvalue weighted by Crippen LogP contribution is 2.21. The van der Waals surface area contributed by atoms with Crippen LogP contribution in [0.5, 0.6) is 0 Å². The average Bonchev–Trinajstić information content (AvgIpc) is 2.39. The Bertz CT molecular complexity index is 526. The monoisotopic (exact) mass is 228 g/mol. The van der Waals surface area contributed by atoms with Crippen LogP contribution >= 0.6 is 0 Å². The van der Waals surface area contributed by atoms with Crippen molar-refractivity contribution in [2.45, 2.75) is 0 Å². The van der Waals surface area contributed by atoms with Crippen LogP contribution < -0.4 is 4.90 Å². The second-order valence-corrected chi connectivity index (χ2v) is 3.60. The van der Waals surface area contributed by atoms with Gasteiger partial charge in [-0.15, -0.1) is 0 Å². The lowest BCUT2D eigenvalue weighted by atomic mass is 10.2. The first-order chi connectivity index (χ1) is 8.18. The zero-order valence-corrected chi connectivity index (χ0v) is 9.37. The van der Waals surface area contributed by atoms with Gasteiger partial charge >= 0.3 is 5.97 Å². The maximum atomic E-state index is 10.9. The Balaban J connectivity index is 2.34. The lowest BCUT2D eigenvalue weighted by molar-refractivity contribution is 0.0697. The predicted molar refractivity (Wildman–Crippen MR) is 65.7 cm³/mol. The van der Waals surface area contributed by atoms with Gasteiger partial charge in [-0.2, -0.15) is 0 Å². The Morgan fingerprint density at radius 2 is 2.06 bits per heavy atom. The molecule has 1 aromatic carbocycles. The molecule has 2 rings (SSSR count). The Labute approximate surface area is 99.2 Å². The number of carbonyl (C=O) groups is 1. The van der Waals surface area contributed by atoms with E-state index in [1.165, 1.54) is 0 Å². The molecule has 0 saturated carbocycles. The fourth-order valence-electron chi connectivity index (χ4n) is 1.53. The van der Waals surface area contributed by atoms with Crippen molar-refractivity contribution >= 4 is 17.5 Å². The normalized spacial score (nSPS) is 9.94. The summed E-state index contributed by atoms with van der Waals surface area (Å²) in [5.74, 6) is -0.156. The average molecular weight is 228 g/mol. The Hall–Kier alpha value is -2.36. The molecule has 0 radical (unpaired) electrons. The van der Waals surface area contributed by atoms with Gasteiger partial charge in [0.1, 0.15) is 5.82 Å². The van der Waals surface area contributed by atoms with E-state index in [1.807, 2.05) is 36.2 Å². The van der Waals surface area contributed by atoms with E-state index in [4.69, 9.17) is 5.11 Å². The van der Waals surface area contributed by atoms with Gasteiger partial charge in [-0.05, 0) is 30.3 Å². The van der Waals surface area contributed by atoms with Gasteiger partial charge in [-0.3, -0.25) is 0 Å². The molecule has 4 heteroatoms. The molecular formula is C13H12N2O2. The first-order valence-corrected chi connectivity index (χ1v) is 5.16. The fourth-order valence-corrected chi connectivity index (χ4v) is 1.53. The summed E-state index contributed by atoms with van der Waals surface area (Å²) in [6.07, 6.45) is 1.70. The van der Waals surface area contributed by atoms with Crippen LogP contribution in [-0.4, -0.2) is 23.1 Å². The molecule has 0 amide bonds. The van der Waals surface area contributed by atoms with Crippen molar-refractivity contribution in [1.82, 2.24) is 4.98 Å². The van der Waals surface area contributed by atoms with Crippen LogP contribution in [0.2, 0.25) is 0 Å². The maximum Gasteiger partial charge on any atom is 0.335 e. The van der Waals surface area contributed by atoms with Gasteiger partial charge in [-0.1, -0.05) is 12.1 Å². The summed E-state index contributed by atoms with van der Waals surface area (Å²) in [5.41, 5.74) is 1.06. The molecule has 0 aliphatic heterocycles. The van der Waals surface area contributed by atoms with E-state index >= 15 is 0 Å². The van der Waals surface area contributed by atoms with Gasteiger partial charge in [-0.25, -0.2) is 9.78 Å².